The first-order chi connectivity index (χ1) is 11.6. The van der Waals surface area contributed by atoms with Gasteiger partial charge in [-0.1, -0.05) is 25.0 Å². The lowest BCUT2D eigenvalue weighted by atomic mass is 9.98. The van der Waals surface area contributed by atoms with Crippen LogP contribution in [0, 0.1) is 6.92 Å². The first-order valence-electron chi connectivity index (χ1n) is 8.26. The number of hydrogen-bond acceptors (Lipinski definition) is 5. The standard InChI is InChI=1S/C17H23N5O2/c1-13-19-20-21-22(13)15-7-5-14(6-8-15)11-16(23)18-17(12-24-2)9-3-4-10-17/h5-8H,3-4,9-12H2,1-2H3,(H,18,23). The molecule has 1 N–H and O–H groups in total. The second-order valence-electron chi connectivity index (χ2n) is 6.45. The van der Waals surface area contributed by atoms with E-state index in [2.05, 4.69) is 20.8 Å². The van der Waals surface area contributed by atoms with Crippen LogP contribution in [0.4, 0.5) is 0 Å². The maximum absolute atomic E-state index is 12.4. The Balaban J connectivity index is 1.63. The maximum Gasteiger partial charge on any atom is 0.224 e. The Morgan fingerprint density at radius 2 is 2.00 bits per heavy atom. The maximum atomic E-state index is 12.4. The Morgan fingerprint density at radius 1 is 1.29 bits per heavy atom. The number of hydrogen-bond donors (Lipinski definition) is 1. The lowest BCUT2D eigenvalue weighted by Crippen LogP contribution is -2.50. The summed E-state index contributed by atoms with van der Waals surface area (Å²) in [5, 5.41) is 14.6. The van der Waals surface area contributed by atoms with Crippen LogP contribution in [0.15, 0.2) is 24.3 Å². The van der Waals surface area contributed by atoms with Gasteiger partial charge in [0.15, 0.2) is 5.82 Å². The molecule has 24 heavy (non-hydrogen) atoms. The van der Waals surface area contributed by atoms with E-state index >= 15 is 0 Å². The van der Waals surface area contributed by atoms with Crippen LogP contribution in [0.3, 0.4) is 0 Å². The van der Waals surface area contributed by atoms with Crippen molar-refractivity contribution in [3.63, 3.8) is 0 Å². The lowest BCUT2D eigenvalue weighted by Gasteiger charge is -2.29. The minimum absolute atomic E-state index is 0.0419. The molecule has 0 saturated heterocycles. The molecule has 3 rings (SSSR count). The lowest BCUT2D eigenvalue weighted by molar-refractivity contribution is -0.123. The highest BCUT2D eigenvalue weighted by Crippen LogP contribution is 2.30. The number of ether oxygens (including phenoxy) is 1. The predicted molar refractivity (Wildman–Crippen MR) is 88.8 cm³/mol. The smallest absolute Gasteiger partial charge is 0.224 e. The first kappa shape index (κ1) is 16.6. The van der Waals surface area contributed by atoms with Gasteiger partial charge in [-0.15, -0.1) is 5.10 Å². The zero-order valence-electron chi connectivity index (χ0n) is 14.2. The largest absolute Gasteiger partial charge is 0.382 e. The minimum atomic E-state index is -0.185. The molecule has 1 heterocycles. The number of nitrogens with one attached hydrogen (secondary N) is 1. The quantitative estimate of drug-likeness (QED) is 0.870. The fourth-order valence-corrected chi connectivity index (χ4v) is 3.38. The number of amides is 1. The Labute approximate surface area is 141 Å². The molecule has 1 aromatic carbocycles. The van der Waals surface area contributed by atoms with E-state index in [1.807, 2.05) is 31.2 Å². The van der Waals surface area contributed by atoms with Gasteiger partial charge >= 0.3 is 0 Å². The monoisotopic (exact) mass is 329 g/mol. The van der Waals surface area contributed by atoms with Gasteiger partial charge in [0.2, 0.25) is 5.91 Å². The summed E-state index contributed by atoms with van der Waals surface area (Å²) in [7, 11) is 1.69. The van der Waals surface area contributed by atoms with Crippen LogP contribution in [0.5, 0.6) is 0 Å². The number of nitrogens with zero attached hydrogens (tertiary/aromatic N) is 4. The van der Waals surface area contributed by atoms with Crippen molar-refractivity contribution in [3.05, 3.63) is 35.7 Å². The summed E-state index contributed by atoms with van der Waals surface area (Å²) in [5.74, 6) is 0.767. The number of tetrazole rings is 1. The Kier molecular flexibility index (Phi) is 4.89. The summed E-state index contributed by atoms with van der Waals surface area (Å²) in [6, 6.07) is 7.72. The summed E-state index contributed by atoms with van der Waals surface area (Å²) in [4.78, 5) is 12.4. The molecular formula is C17H23N5O2. The van der Waals surface area contributed by atoms with Crippen molar-refractivity contribution in [3.8, 4) is 5.69 Å². The highest BCUT2D eigenvalue weighted by molar-refractivity contribution is 5.79. The molecule has 0 aliphatic heterocycles. The molecule has 1 amide bonds. The van der Waals surface area contributed by atoms with Gasteiger partial charge in [0.25, 0.3) is 0 Å². The SMILES string of the molecule is COCC1(NC(=O)Cc2ccc(-n3nnnc3C)cc2)CCCC1. The van der Waals surface area contributed by atoms with Crippen molar-refractivity contribution in [1.82, 2.24) is 25.5 Å². The van der Waals surface area contributed by atoms with Gasteiger partial charge in [-0.05, 0) is 47.9 Å². The summed E-state index contributed by atoms with van der Waals surface area (Å²) >= 11 is 0. The predicted octanol–water partition coefficient (Wildman–Crippen LogP) is 1.59. The number of aryl methyl sites for hydroxylation is 1. The van der Waals surface area contributed by atoms with E-state index in [1.54, 1.807) is 11.8 Å². The minimum Gasteiger partial charge on any atom is -0.382 e. The Hall–Kier alpha value is -2.28. The van der Waals surface area contributed by atoms with Crippen molar-refractivity contribution in [2.75, 3.05) is 13.7 Å². The van der Waals surface area contributed by atoms with E-state index in [4.69, 9.17) is 4.74 Å². The molecule has 1 fully saturated rings. The molecule has 7 nitrogen and oxygen atoms in total. The second-order valence-corrected chi connectivity index (χ2v) is 6.45. The molecule has 0 unspecified atom stereocenters. The van der Waals surface area contributed by atoms with Crippen molar-refractivity contribution >= 4 is 5.91 Å². The summed E-state index contributed by atoms with van der Waals surface area (Å²) in [5.41, 5.74) is 1.66. The van der Waals surface area contributed by atoms with Crippen molar-refractivity contribution in [1.29, 1.82) is 0 Å². The van der Waals surface area contributed by atoms with Crippen LogP contribution in [-0.2, 0) is 16.0 Å². The van der Waals surface area contributed by atoms with Gasteiger partial charge in [-0.3, -0.25) is 4.79 Å². The number of carbonyl (C=O) groups is 1. The van der Waals surface area contributed by atoms with E-state index in [0.717, 1.165) is 42.8 Å². The zero-order chi connectivity index (χ0) is 17.0. The van der Waals surface area contributed by atoms with Crippen molar-refractivity contribution < 1.29 is 9.53 Å². The molecule has 1 aliphatic carbocycles. The van der Waals surface area contributed by atoms with Crippen LogP contribution >= 0.6 is 0 Å². The Morgan fingerprint density at radius 3 is 2.58 bits per heavy atom. The van der Waals surface area contributed by atoms with Crippen LogP contribution < -0.4 is 5.32 Å². The summed E-state index contributed by atoms with van der Waals surface area (Å²) in [6.45, 7) is 2.43. The van der Waals surface area contributed by atoms with Gasteiger partial charge in [-0.2, -0.15) is 4.68 Å². The fraction of sp³-hybridized carbons (Fsp3) is 0.529. The molecule has 1 aromatic heterocycles. The molecule has 0 radical (unpaired) electrons. The Bertz CT molecular complexity index is 689. The van der Waals surface area contributed by atoms with Crippen LogP contribution in [0.1, 0.15) is 37.1 Å². The fourth-order valence-electron chi connectivity index (χ4n) is 3.38. The van der Waals surface area contributed by atoms with Gasteiger partial charge in [0.1, 0.15) is 0 Å². The molecule has 2 aromatic rings. The van der Waals surface area contributed by atoms with Gasteiger partial charge in [0.05, 0.1) is 24.3 Å². The highest BCUT2D eigenvalue weighted by atomic mass is 16.5. The number of rotatable bonds is 6. The van der Waals surface area contributed by atoms with E-state index in [0.29, 0.717) is 13.0 Å². The van der Waals surface area contributed by atoms with E-state index < -0.39 is 0 Å². The summed E-state index contributed by atoms with van der Waals surface area (Å²) in [6.07, 6.45) is 4.63. The average molecular weight is 329 g/mol. The molecule has 128 valence electrons. The third kappa shape index (κ3) is 3.62. The third-order valence-electron chi connectivity index (χ3n) is 4.56. The molecule has 1 aliphatic rings. The number of aromatic nitrogens is 4. The van der Waals surface area contributed by atoms with E-state index in [1.165, 1.54) is 0 Å². The van der Waals surface area contributed by atoms with E-state index in [-0.39, 0.29) is 11.4 Å². The first-order valence-corrected chi connectivity index (χ1v) is 8.26. The molecular weight excluding hydrogens is 306 g/mol. The number of carbonyl (C=O) groups excluding carboxylic acids is 1. The number of methoxy groups -OCH3 is 1. The molecule has 7 heteroatoms. The number of benzene rings is 1. The zero-order valence-corrected chi connectivity index (χ0v) is 14.2. The normalized spacial score (nSPS) is 16.2. The molecule has 0 spiro atoms. The topological polar surface area (TPSA) is 81.9 Å². The summed E-state index contributed by atoms with van der Waals surface area (Å²) < 4.78 is 6.97. The average Bonchev–Trinajstić information content (AvgIpc) is 3.18. The highest BCUT2D eigenvalue weighted by Gasteiger charge is 2.35. The molecule has 0 atom stereocenters. The van der Waals surface area contributed by atoms with Gasteiger partial charge in [0, 0.05) is 7.11 Å². The van der Waals surface area contributed by atoms with Crippen molar-refractivity contribution in [2.45, 2.75) is 44.6 Å². The van der Waals surface area contributed by atoms with Gasteiger partial charge < -0.3 is 10.1 Å². The van der Waals surface area contributed by atoms with Crippen LogP contribution in [0.25, 0.3) is 5.69 Å². The van der Waals surface area contributed by atoms with E-state index in [9.17, 15) is 4.79 Å². The van der Waals surface area contributed by atoms with Crippen LogP contribution in [-0.4, -0.2) is 45.4 Å². The van der Waals surface area contributed by atoms with Gasteiger partial charge in [-0.25, -0.2) is 0 Å². The molecule has 1 saturated carbocycles. The second kappa shape index (κ2) is 7.09. The molecule has 0 bridgehead atoms. The van der Waals surface area contributed by atoms with Crippen molar-refractivity contribution in [2.24, 2.45) is 0 Å². The third-order valence-corrected chi connectivity index (χ3v) is 4.56. The van der Waals surface area contributed by atoms with Crippen LogP contribution in [0.2, 0.25) is 0 Å².